The van der Waals surface area contributed by atoms with Crippen molar-refractivity contribution in [2.75, 3.05) is 0 Å². The maximum absolute atomic E-state index is 5.12. The first-order valence-electron chi connectivity index (χ1n) is 4.28. The van der Waals surface area contributed by atoms with E-state index in [0.29, 0.717) is 5.92 Å². The molecular formula is C10H17NO. The highest BCUT2D eigenvalue weighted by Crippen LogP contribution is 2.04. The van der Waals surface area contributed by atoms with Crippen LogP contribution in [0.15, 0.2) is 5.16 Å². The van der Waals surface area contributed by atoms with Crippen LogP contribution in [0.4, 0.5) is 0 Å². The molecule has 0 aliphatic rings. The van der Waals surface area contributed by atoms with Crippen LogP contribution in [0.3, 0.4) is 0 Å². The lowest BCUT2D eigenvalue weighted by atomic mass is 10.1. The van der Waals surface area contributed by atoms with Crippen molar-refractivity contribution in [3.8, 4) is 12.3 Å². The zero-order valence-electron chi connectivity index (χ0n) is 8.29. The van der Waals surface area contributed by atoms with E-state index in [1.165, 1.54) is 0 Å². The van der Waals surface area contributed by atoms with Gasteiger partial charge in [-0.05, 0) is 26.2 Å². The number of rotatable bonds is 4. The average Bonchev–Trinajstić information content (AvgIpc) is 2.11. The first-order chi connectivity index (χ1) is 5.61. The van der Waals surface area contributed by atoms with Gasteiger partial charge in [0, 0.05) is 0 Å². The summed E-state index contributed by atoms with van der Waals surface area (Å²) in [6, 6.07) is 0. The van der Waals surface area contributed by atoms with Crippen LogP contribution in [-0.2, 0) is 4.84 Å². The monoisotopic (exact) mass is 167 g/mol. The second kappa shape index (κ2) is 5.65. The van der Waals surface area contributed by atoms with Crippen molar-refractivity contribution < 1.29 is 4.84 Å². The third-order valence-corrected chi connectivity index (χ3v) is 1.92. The highest BCUT2D eigenvalue weighted by atomic mass is 16.6. The van der Waals surface area contributed by atoms with Crippen molar-refractivity contribution in [2.24, 2.45) is 11.1 Å². The molecule has 0 saturated carbocycles. The molecule has 12 heavy (non-hydrogen) atoms. The Hall–Kier alpha value is -0.970. The lowest BCUT2D eigenvalue weighted by molar-refractivity contribution is 0.111. The van der Waals surface area contributed by atoms with E-state index >= 15 is 0 Å². The third-order valence-electron chi connectivity index (χ3n) is 1.92. The molecule has 0 fully saturated rings. The summed E-state index contributed by atoms with van der Waals surface area (Å²) in [4.78, 5) is 5.03. The van der Waals surface area contributed by atoms with Gasteiger partial charge >= 0.3 is 0 Å². The summed E-state index contributed by atoms with van der Waals surface area (Å²) in [6.07, 6.45) is 5.96. The SMILES string of the molecule is C#CC(C)O/N=C(/C)C(C)CC. The van der Waals surface area contributed by atoms with Crippen LogP contribution in [-0.4, -0.2) is 11.8 Å². The molecule has 0 spiro atoms. The van der Waals surface area contributed by atoms with Gasteiger partial charge in [-0.25, -0.2) is 0 Å². The third kappa shape index (κ3) is 4.02. The van der Waals surface area contributed by atoms with E-state index in [4.69, 9.17) is 11.3 Å². The molecule has 0 bridgehead atoms. The molecule has 0 aliphatic carbocycles. The molecule has 0 aromatic carbocycles. The predicted octanol–water partition coefficient (Wildman–Crippen LogP) is 2.45. The van der Waals surface area contributed by atoms with Gasteiger partial charge in [0.1, 0.15) is 0 Å². The van der Waals surface area contributed by atoms with Gasteiger partial charge < -0.3 is 4.84 Å². The lowest BCUT2D eigenvalue weighted by Crippen LogP contribution is -2.08. The molecule has 2 atom stereocenters. The molecule has 0 heterocycles. The standard InChI is InChI=1S/C10H17NO/c1-6-8(3)10(5)11-12-9(4)7-2/h2,8-9H,6H2,1,3-5H3/b11-10-. The quantitative estimate of drug-likeness (QED) is 0.358. The molecule has 0 rings (SSSR count). The minimum absolute atomic E-state index is 0.232. The second-order valence-electron chi connectivity index (χ2n) is 2.96. The summed E-state index contributed by atoms with van der Waals surface area (Å²) in [7, 11) is 0. The van der Waals surface area contributed by atoms with Crippen molar-refractivity contribution in [3.63, 3.8) is 0 Å². The fourth-order valence-corrected chi connectivity index (χ4v) is 0.578. The van der Waals surface area contributed by atoms with E-state index in [-0.39, 0.29) is 6.10 Å². The summed E-state index contributed by atoms with van der Waals surface area (Å²) in [6.45, 7) is 7.99. The maximum Gasteiger partial charge on any atom is 0.184 e. The van der Waals surface area contributed by atoms with Gasteiger partial charge in [0.05, 0.1) is 5.71 Å². The number of oxime groups is 1. The Bertz CT molecular complexity index is 191. The first kappa shape index (κ1) is 11.0. The van der Waals surface area contributed by atoms with Crippen LogP contribution >= 0.6 is 0 Å². The topological polar surface area (TPSA) is 21.6 Å². The Morgan fingerprint density at radius 1 is 1.58 bits per heavy atom. The van der Waals surface area contributed by atoms with Crippen molar-refractivity contribution in [3.05, 3.63) is 0 Å². The summed E-state index contributed by atoms with van der Waals surface area (Å²) in [5.74, 6) is 2.92. The van der Waals surface area contributed by atoms with Gasteiger partial charge in [0.25, 0.3) is 0 Å². The smallest absolute Gasteiger partial charge is 0.184 e. The van der Waals surface area contributed by atoms with E-state index in [1.807, 2.05) is 6.92 Å². The summed E-state index contributed by atoms with van der Waals surface area (Å²) in [5, 5.41) is 3.94. The van der Waals surface area contributed by atoms with Crippen LogP contribution in [0.2, 0.25) is 0 Å². The van der Waals surface area contributed by atoms with E-state index in [2.05, 4.69) is 24.9 Å². The van der Waals surface area contributed by atoms with Gasteiger partial charge in [-0.3, -0.25) is 0 Å². The van der Waals surface area contributed by atoms with Crippen LogP contribution in [0, 0.1) is 18.3 Å². The normalized spacial score (nSPS) is 16.4. The molecule has 0 aromatic heterocycles. The Kier molecular flexibility index (Phi) is 5.19. The van der Waals surface area contributed by atoms with Gasteiger partial charge in [-0.15, -0.1) is 6.42 Å². The molecule has 2 unspecified atom stereocenters. The molecule has 2 nitrogen and oxygen atoms in total. The Labute approximate surface area is 75.0 Å². The summed E-state index contributed by atoms with van der Waals surface area (Å²) < 4.78 is 0. The number of terminal acetylenes is 1. The van der Waals surface area contributed by atoms with E-state index in [0.717, 1.165) is 12.1 Å². The largest absolute Gasteiger partial charge is 0.380 e. The van der Waals surface area contributed by atoms with Gasteiger partial charge in [0.2, 0.25) is 0 Å². The molecule has 0 aromatic rings. The predicted molar refractivity (Wildman–Crippen MR) is 51.9 cm³/mol. The molecule has 2 heteroatoms. The zero-order valence-corrected chi connectivity index (χ0v) is 8.29. The van der Waals surface area contributed by atoms with Crippen LogP contribution < -0.4 is 0 Å². The van der Waals surface area contributed by atoms with Crippen molar-refractivity contribution >= 4 is 5.71 Å². The maximum atomic E-state index is 5.12. The molecule has 0 aliphatic heterocycles. The van der Waals surface area contributed by atoms with Gasteiger partial charge in [-0.2, -0.15) is 0 Å². The highest BCUT2D eigenvalue weighted by Gasteiger charge is 2.03. The number of hydrogen-bond donors (Lipinski definition) is 0. The molecule has 68 valence electrons. The molecule has 0 N–H and O–H groups in total. The molecule has 0 radical (unpaired) electrons. The molecule has 0 amide bonds. The Balaban J connectivity index is 3.93. The van der Waals surface area contributed by atoms with Crippen molar-refractivity contribution in [1.82, 2.24) is 0 Å². The first-order valence-corrected chi connectivity index (χ1v) is 4.28. The van der Waals surface area contributed by atoms with Gasteiger partial charge in [-0.1, -0.05) is 24.9 Å². The lowest BCUT2D eigenvalue weighted by Gasteiger charge is -2.08. The van der Waals surface area contributed by atoms with Crippen LogP contribution in [0.1, 0.15) is 34.1 Å². The van der Waals surface area contributed by atoms with E-state index < -0.39 is 0 Å². The second-order valence-corrected chi connectivity index (χ2v) is 2.96. The fourth-order valence-electron chi connectivity index (χ4n) is 0.578. The minimum Gasteiger partial charge on any atom is -0.380 e. The Morgan fingerprint density at radius 3 is 2.58 bits per heavy atom. The molecule has 0 saturated heterocycles. The fraction of sp³-hybridized carbons (Fsp3) is 0.700. The number of nitrogens with zero attached hydrogens (tertiary/aromatic N) is 1. The minimum atomic E-state index is -0.232. The molecular weight excluding hydrogens is 150 g/mol. The zero-order chi connectivity index (χ0) is 9.56. The van der Waals surface area contributed by atoms with E-state index in [9.17, 15) is 0 Å². The van der Waals surface area contributed by atoms with Crippen LogP contribution in [0.25, 0.3) is 0 Å². The Morgan fingerprint density at radius 2 is 2.17 bits per heavy atom. The van der Waals surface area contributed by atoms with Crippen molar-refractivity contribution in [1.29, 1.82) is 0 Å². The van der Waals surface area contributed by atoms with E-state index in [1.54, 1.807) is 6.92 Å². The highest BCUT2D eigenvalue weighted by molar-refractivity contribution is 5.83. The van der Waals surface area contributed by atoms with Gasteiger partial charge in [0.15, 0.2) is 6.10 Å². The average molecular weight is 167 g/mol. The summed E-state index contributed by atoms with van der Waals surface area (Å²) in [5.41, 5.74) is 1.000. The number of hydrogen-bond acceptors (Lipinski definition) is 2. The van der Waals surface area contributed by atoms with Crippen LogP contribution in [0.5, 0.6) is 0 Å². The summed E-state index contributed by atoms with van der Waals surface area (Å²) >= 11 is 0. The van der Waals surface area contributed by atoms with Crippen molar-refractivity contribution in [2.45, 2.75) is 40.2 Å².